The van der Waals surface area contributed by atoms with Crippen molar-refractivity contribution < 1.29 is 17.9 Å². The monoisotopic (exact) mass is 280 g/mol. The molecule has 1 fully saturated rings. The summed E-state index contributed by atoms with van der Waals surface area (Å²) in [6.07, 6.45) is 0.551. The minimum Gasteiger partial charge on any atom is -0.391 e. The maximum absolute atomic E-state index is 11.9. The zero-order valence-corrected chi connectivity index (χ0v) is 11.4. The predicted octanol–water partition coefficient (Wildman–Crippen LogP) is -1.07. The number of nitrogens with zero attached hydrogens (tertiary/aromatic N) is 1. The maximum Gasteiger partial charge on any atom is 0.240 e. The number of hydrogen-bond donors (Lipinski definition) is 1. The summed E-state index contributed by atoms with van der Waals surface area (Å²) in [5, 5.41) is -1.05. The van der Waals surface area contributed by atoms with E-state index in [4.69, 9.17) is 22.7 Å². The van der Waals surface area contributed by atoms with Crippen LogP contribution >= 0.6 is 12.2 Å². The van der Waals surface area contributed by atoms with E-state index in [1.54, 1.807) is 0 Å². The Balaban J connectivity index is 2.73. The molecule has 2 atom stereocenters. The summed E-state index contributed by atoms with van der Waals surface area (Å²) in [4.78, 5) is 13.5. The highest BCUT2D eigenvalue weighted by molar-refractivity contribution is 7.92. The third-order valence-corrected chi connectivity index (χ3v) is 4.43. The molecule has 8 heteroatoms. The summed E-state index contributed by atoms with van der Waals surface area (Å²) in [6, 6.07) is 0. The van der Waals surface area contributed by atoms with Gasteiger partial charge in [-0.1, -0.05) is 12.2 Å². The minimum atomic E-state index is -3.39. The van der Waals surface area contributed by atoms with Gasteiger partial charge in [0.2, 0.25) is 5.91 Å². The second-order valence-electron chi connectivity index (χ2n) is 4.02. The van der Waals surface area contributed by atoms with Crippen LogP contribution in [0.15, 0.2) is 0 Å². The van der Waals surface area contributed by atoms with E-state index in [0.29, 0.717) is 13.2 Å². The summed E-state index contributed by atoms with van der Waals surface area (Å²) >= 11 is 4.79. The summed E-state index contributed by atoms with van der Waals surface area (Å²) < 4.78 is 27.9. The Morgan fingerprint density at radius 3 is 2.65 bits per heavy atom. The topological polar surface area (TPSA) is 89.7 Å². The third-order valence-electron chi connectivity index (χ3n) is 2.69. The minimum absolute atomic E-state index is 0.175. The van der Waals surface area contributed by atoms with Crippen LogP contribution < -0.4 is 5.73 Å². The van der Waals surface area contributed by atoms with Crippen LogP contribution in [0.4, 0.5) is 0 Å². The van der Waals surface area contributed by atoms with E-state index >= 15 is 0 Å². The average molecular weight is 280 g/mol. The standard InChI is InChI=1S/C9H16N2O4S2/c1-6(17(2,13)14)9(12)11-3-4-15-7(5-11)8(10)16/h6-7H,3-5H2,1-2H3,(H2,10,16). The molecule has 2 N–H and O–H groups in total. The number of ether oxygens (including phenoxy) is 1. The Morgan fingerprint density at radius 2 is 2.18 bits per heavy atom. The molecular formula is C9H16N2O4S2. The molecule has 2 unspecified atom stereocenters. The molecule has 1 aliphatic heterocycles. The van der Waals surface area contributed by atoms with Gasteiger partial charge in [-0.15, -0.1) is 0 Å². The zero-order chi connectivity index (χ0) is 13.2. The fourth-order valence-electron chi connectivity index (χ4n) is 1.46. The molecule has 0 aliphatic carbocycles. The van der Waals surface area contributed by atoms with Crippen molar-refractivity contribution in [2.24, 2.45) is 5.73 Å². The van der Waals surface area contributed by atoms with E-state index in [1.807, 2.05) is 0 Å². The van der Waals surface area contributed by atoms with Crippen molar-refractivity contribution in [2.75, 3.05) is 26.0 Å². The molecule has 0 aromatic heterocycles. The average Bonchev–Trinajstić information content (AvgIpc) is 2.26. The molecule has 0 saturated carbocycles. The number of amides is 1. The normalized spacial score (nSPS) is 23.2. The fraction of sp³-hybridized carbons (Fsp3) is 0.778. The fourth-order valence-corrected chi connectivity index (χ4v) is 2.12. The van der Waals surface area contributed by atoms with Crippen LogP contribution in [-0.4, -0.2) is 61.5 Å². The first-order chi connectivity index (χ1) is 7.73. The summed E-state index contributed by atoms with van der Waals surface area (Å²) in [6.45, 7) is 2.26. The van der Waals surface area contributed by atoms with Crippen molar-refractivity contribution in [1.82, 2.24) is 4.90 Å². The van der Waals surface area contributed by atoms with Crippen LogP contribution in [0.5, 0.6) is 0 Å². The molecule has 98 valence electrons. The molecule has 0 aromatic rings. The number of hydrogen-bond acceptors (Lipinski definition) is 5. The summed E-state index contributed by atoms with van der Waals surface area (Å²) in [7, 11) is -3.39. The maximum atomic E-state index is 11.9. The van der Waals surface area contributed by atoms with Crippen molar-refractivity contribution in [3.63, 3.8) is 0 Å². The number of sulfone groups is 1. The lowest BCUT2D eigenvalue weighted by molar-refractivity contribution is -0.135. The highest BCUT2D eigenvalue weighted by atomic mass is 32.2. The Bertz CT molecular complexity index is 421. The lowest BCUT2D eigenvalue weighted by Gasteiger charge is -2.33. The SMILES string of the molecule is CC(C(=O)N1CCOC(C(N)=S)C1)S(C)(=O)=O. The van der Waals surface area contributed by atoms with Gasteiger partial charge in [0.1, 0.15) is 16.3 Å². The highest BCUT2D eigenvalue weighted by Crippen LogP contribution is 2.10. The number of rotatable bonds is 3. The van der Waals surface area contributed by atoms with Crippen LogP contribution in [0, 0.1) is 0 Å². The van der Waals surface area contributed by atoms with Gasteiger partial charge >= 0.3 is 0 Å². The molecule has 0 aromatic carbocycles. The molecule has 1 amide bonds. The molecule has 0 bridgehead atoms. The molecular weight excluding hydrogens is 264 g/mol. The van der Waals surface area contributed by atoms with Gasteiger partial charge in [-0.05, 0) is 6.92 Å². The van der Waals surface area contributed by atoms with Crippen LogP contribution in [0.1, 0.15) is 6.92 Å². The van der Waals surface area contributed by atoms with E-state index in [1.165, 1.54) is 11.8 Å². The van der Waals surface area contributed by atoms with Gasteiger partial charge in [-0.25, -0.2) is 8.42 Å². The van der Waals surface area contributed by atoms with Crippen molar-refractivity contribution >= 4 is 33.0 Å². The first-order valence-corrected chi connectivity index (χ1v) is 7.48. The van der Waals surface area contributed by atoms with Gasteiger partial charge in [0.05, 0.1) is 13.2 Å². The lowest BCUT2D eigenvalue weighted by Crippen LogP contribution is -2.53. The number of carbonyl (C=O) groups is 1. The zero-order valence-electron chi connectivity index (χ0n) is 9.75. The number of morpholine rings is 1. The number of nitrogens with two attached hydrogens (primary N) is 1. The second kappa shape index (κ2) is 5.28. The predicted molar refractivity (Wildman–Crippen MR) is 67.4 cm³/mol. The summed E-state index contributed by atoms with van der Waals surface area (Å²) in [5.41, 5.74) is 5.44. The Hall–Kier alpha value is -0.730. The highest BCUT2D eigenvalue weighted by Gasteiger charge is 2.32. The second-order valence-corrected chi connectivity index (χ2v) is 6.86. The molecule has 1 aliphatic rings. The smallest absolute Gasteiger partial charge is 0.240 e. The van der Waals surface area contributed by atoms with Gasteiger partial charge in [0.15, 0.2) is 9.84 Å². The van der Waals surface area contributed by atoms with E-state index in [-0.39, 0.29) is 11.5 Å². The Labute approximate surface area is 106 Å². The van der Waals surface area contributed by atoms with Crippen molar-refractivity contribution in [2.45, 2.75) is 18.3 Å². The van der Waals surface area contributed by atoms with Crippen molar-refractivity contribution in [3.05, 3.63) is 0 Å². The molecule has 1 rings (SSSR count). The third kappa shape index (κ3) is 3.62. The van der Waals surface area contributed by atoms with Crippen molar-refractivity contribution in [3.8, 4) is 0 Å². The van der Waals surface area contributed by atoms with E-state index < -0.39 is 27.1 Å². The molecule has 0 spiro atoms. The van der Waals surface area contributed by atoms with Crippen molar-refractivity contribution in [1.29, 1.82) is 0 Å². The van der Waals surface area contributed by atoms with Gasteiger partial charge in [-0.3, -0.25) is 4.79 Å². The first kappa shape index (κ1) is 14.3. The van der Waals surface area contributed by atoms with Crippen LogP contribution in [0.3, 0.4) is 0 Å². The van der Waals surface area contributed by atoms with Crippen LogP contribution in [0.25, 0.3) is 0 Å². The lowest BCUT2D eigenvalue weighted by atomic mass is 10.2. The summed E-state index contributed by atoms with van der Waals surface area (Å²) in [5.74, 6) is -0.433. The van der Waals surface area contributed by atoms with Gasteiger partial charge < -0.3 is 15.4 Å². The van der Waals surface area contributed by atoms with Gasteiger partial charge in [0.25, 0.3) is 0 Å². The Morgan fingerprint density at radius 1 is 1.59 bits per heavy atom. The quantitative estimate of drug-likeness (QED) is 0.662. The van der Waals surface area contributed by atoms with E-state index in [2.05, 4.69) is 0 Å². The molecule has 17 heavy (non-hydrogen) atoms. The molecule has 1 saturated heterocycles. The number of thiocarbonyl (C=S) groups is 1. The van der Waals surface area contributed by atoms with E-state index in [0.717, 1.165) is 6.26 Å². The van der Waals surface area contributed by atoms with Gasteiger partial charge in [0, 0.05) is 12.8 Å². The number of carbonyl (C=O) groups excluding carboxylic acids is 1. The van der Waals surface area contributed by atoms with Crippen LogP contribution in [0.2, 0.25) is 0 Å². The van der Waals surface area contributed by atoms with Crippen LogP contribution in [-0.2, 0) is 19.4 Å². The van der Waals surface area contributed by atoms with E-state index in [9.17, 15) is 13.2 Å². The Kier molecular flexibility index (Phi) is 4.45. The first-order valence-electron chi connectivity index (χ1n) is 5.12. The molecule has 1 heterocycles. The largest absolute Gasteiger partial charge is 0.391 e. The molecule has 0 radical (unpaired) electrons. The molecule has 6 nitrogen and oxygen atoms in total. The van der Waals surface area contributed by atoms with Gasteiger partial charge in [-0.2, -0.15) is 0 Å².